The molecule has 3 aromatic carbocycles. The quantitative estimate of drug-likeness (QED) is 0.635. The van der Waals surface area contributed by atoms with Crippen molar-refractivity contribution in [2.45, 2.75) is 25.2 Å². The lowest BCUT2D eigenvalue weighted by atomic mass is 9.91. The number of hydrogen-bond acceptors (Lipinski definition) is 2. The number of amides is 2. The van der Waals surface area contributed by atoms with Crippen LogP contribution in [0.25, 0.3) is 0 Å². The van der Waals surface area contributed by atoms with Gasteiger partial charge in [-0.15, -0.1) is 0 Å². The highest BCUT2D eigenvalue weighted by atomic mass is 16.2. The molecule has 0 atom stereocenters. The lowest BCUT2D eigenvalue weighted by Crippen LogP contribution is -2.38. The summed E-state index contributed by atoms with van der Waals surface area (Å²) < 4.78 is 0. The number of rotatable bonds is 7. The average molecular weight is 399 g/mol. The normalized spacial score (nSPS) is 12.4. The second kappa shape index (κ2) is 9.40. The van der Waals surface area contributed by atoms with Crippen molar-refractivity contribution < 1.29 is 9.59 Å². The first-order valence-corrected chi connectivity index (χ1v) is 10.5. The summed E-state index contributed by atoms with van der Waals surface area (Å²) in [5, 5.41) is 5.72. The molecule has 0 bridgehead atoms. The monoisotopic (exact) mass is 398 g/mol. The Morgan fingerprint density at radius 3 is 2.07 bits per heavy atom. The van der Waals surface area contributed by atoms with E-state index in [-0.39, 0.29) is 24.3 Å². The van der Waals surface area contributed by atoms with Crippen molar-refractivity contribution in [2.24, 2.45) is 0 Å². The lowest BCUT2D eigenvalue weighted by Gasteiger charge is -2.19. The van der Waals surface area contributed by atoms with Crippen molar-refractivity contribution in [2.75, 3.05) is 13.1 Å². The van der Waals surface area contributed by atoms with Crippen LogP contribution in [-0.4, -0.2) is 24.9 Å². The summed E-state index contributed by atoms with van der Waals surface area (Å²) in [6.45, 7) is 0.438. The van der Waals surface area contributed by atoms with E-state index in [2.05, 4.69) is 34.9 Å². The van der Waals surface area contributed by atoms with Crippen LogP contribution in [0.3, 0.4) is 0 Å². The van der Waals surface area contributed by atoms with Crippen molar-refractivity contribution in [3.63, 3.8) is 0 Å². The van der Waals surface area contributed by atoms with Gasteiger partial charge < -0.3 is 10.6 Å². The van der Waals surface area contributed by atoms with E-state index in [0.29, 0.717) is 12.1 Å². The van der Waals surface area contributed by atoms with Gasteiger partial charge >= 0.3 is 0 Å². The number of carbonyl (C=O) groups is 2. The molecule has 0 saturated heterocycles. The van der Waals surface area contributed by atoms with Gasteiger partial charge in [-0.25, -0.2) is 0 Å². The van der Waals surface area contributed by atoms with Gasteiger partial charge in [0.05, 0.1) is 6.54 Å². The van der Waals surface area contributed by atoms with Crippen LogP contribution >= 0.6 is 0 Å². The van der Waals surface area contributed by atoms with Gasteiger partial charge in [0.25, 0.3) is 5.91 Å². The van der Waals surface area contributed by atoms with Crippen molar-refractivity contribution in [3.05, 3.63) is 107 Å². The molecule has 4 nitrogen and oxygen atoms in total. The Morgan fingerprint density at radius 2 is 1.40 bits per heavy atom. The van der Waals surface area contributed by atoms with Gasteiger partial charge in [0.15, 0.2) is 0 Å². The topological polar surface area (TPSA) is 58.2 Å². The number of fused-ring (bicyclic) bond motifs is 1. The highest BCUT2D eigenvalue weighted by Gasteiger charge is 2.17. The minimum Gasteiger partial charge on any atom is -0.354 e. The Morgan fingerprint density at radius 1 is 0.767 bits per heavy atom. The van der Waals surface area contributed by atoms with Gasteiger partial charge in [-0.3, -0.25) is 9.59 Å². The molecule has 0 unspecified atom stereocenters. The molecule has 152 valence electrons. The maximum atomic E-state index is 12.4. The van der Waals surface area contributed by atoms with Gasteiger partial charge in [0.1, 0.15) is 0 Å². The van der Waals surface area contributed by atoms with Gasteiger partial charge in [-0.05, 0) is 53.6 Å². The second-order valence-electron chi connectivity index (χ2n) is 7.70. The molecule has 2 N–H and O–H groups in total. The highest BCUT2D eigenvalue weighted by Crippen LogP contribution is 2.24. The fourth-order valence-electron chi connectivity index (χ4n) is 4.05. The summed E-state index contributed by atoms with van der Waals surface area (Å²) in [6.07, 6.45) is 3.26. The summed E-state index contributed by atoms with van der Waals surface area (Å²) >= 11 is 0. The van der Waals surface area contributed by atoms with Gasteiger partial charge in [0.2, 0.25) is 5.91 Å². The van der Waals surface area contributed by atoms with E-state index < -0.39 is 0 Å². The minimum absolute atomic E-state index is 0.0355. The predicted molar refractivity (Wildman–Crippen MR) is 119 cm³/mol. The third-order valence-electron chi connectivity index (χ3n) is 5.68. The molecular formula is C26H26N2O2. The third kappa shape index (κ3) is 4.77. The van der Waals surface area contributed by atoms with Gasteiger partial charge in [0, 0.05) is 18.0 Å². The molecule has 0 fully saturated rings. The van der Waals surface area contributed by atoms with Crippen LogP contribution in [0.5, 0.6) is 0 Å². The van der Waals surface area contributed by atoms with Gasteiger partial charge in [-0.1, -0.05) is 66.7 Å². The largest absolute Gasteiger partial charge is 0.354 e. The van der Waals surface area contributed by atoms with Crippen LogP contribution in [0.1, 0.15) is 45.0 Å². The zero-order valence-corrected chi connectivity index (χ0v) is 16.9. The molecule has 30 heavy (non-hydrogen) atoms. The molecule has 4 heteroatoms. The van der Waals surface area contributed by atoms with Crippen LogP contribution in [0.15, 0.2) is 78.9 Å². The number of benzene rings is 3. The molecule has 1 aliphatic carbocycles. The molecule has 0 saturated carbocycles. The Kier molecular flexibility index (Phi) is 6.23. The van der Waals surface area contributed by atoms with Gasteiger partial charge in [-0.2, -0.15) is 0 Å². The van der Waals surface area contributed by atoms with E-state index in [1.54, 1.807) is 0 Å². The summed E-state index contributed by atoms with van der Waals surface area (Å²) in [7, 11) is 0. The minimum atomic E-state index is -0.206. The molecule has 0 aromatic heterocycles. The van der Waals surface area contributed by atoms with Crippen LogP contribution < -0.4 is 10.6 Å². The first-order chi connectivity index (χ1) is 14.7. The third-order valence-corrected chi connectivity index (χ3v) is 5.68. The van der Waals surface area contributed by atoms with Crippen molar-refractivity contribution in [1.29, 1.82) is 0 Å². The molecule has 0 radical (unpaired) electrons. The molecular weight excluding hydrogens is 372 g/mol. The van der Waals surface area contributed by atoms with Crippen molar-refractivity contribution >= 4 is 11.8 Å². The molecule has 0 heterocycles. The molecule has 0 spiro atoms. The predicted octanol–water partition coefficient (Wildman–Crippen LogP) is 3.85. The Hall–Kier alpha value is -3.40. The van der Waals surface area contributed by atoms with E-state index in [1.165, 1.54) is 11.1 Å². The first kappa shape index (κ1) is 19.9. The van der Waals surface area contributed by atoms with E-state index in [9.17, 15) is 9.59 Å². The van der Waals surface area contributed by atoms with Crippen LogP contribution in [0, 0.1) is 0 Å². The molecule has 2 amide bonds. The first-order valence-electron chi connectivity index (χ1n) is 10.5. The zero-order chi connectivity index (χ0) is 20.8. The summed E-state index contributed by atoms with van der Waals surface area (Å²) in [4.78, 5) is 24.8. The van der Waals surface area contributed by atoms with Crippen molar-refractivity contribution in [3.8, 4) is 0 Å². The summed E-state index contributed by atoms with van der Waals surface area (Å²) in [5.74, 6) is -0.340. The highest BCUT2D eigenvalue weighted by molar-refractivity contribution is 5.96. The number of nitrogens with one attached hydrogen (secondary N) is 2. The van der Waals surface area contributed by atoms with E-state index in [1.807, 2.05) is 54.6 Å². The lowest BCUT2D eigenvalue weighted by molar-refractivity contribution is -0.120. The summed E-state index contributed by atoms with van der Waals surface area (Å²) in [6, 6.07) is 26.1. The molecule has 4 rings (SSSR count). The zero-order valence-electron chi connectivity index (χ0n) is 16.9. The number of carbonyl (C=O) groups excluding carboxylic acids is 2. The smallest absolute Gasteiger partial charge is 0.251 e. The Balaban J connectivity index is 1.34. The van der Waals surface area contributed by atoms with E-state index in [0.717, 1.165) is 30.4 Å². The van der Waals surface area contributed by atoms with E-state index in [4.69, 9.17) is 0 Å². The maximum Gasteiger partial charge on any atom is 0.251 e. The SMILES string of the molecule is O=C(CNC(=O)c1ccc2c(c1)CCC2)NCC(c1ccccc1)c1ccccc1. The molecule has 1 aliphatic rings. The molecule has 0 aliphatic heterocycles. The second-order valence-corrected chi connectivity index (χ2v) is 7.70. The van der Waals surface area contributed by atoms with Crippen LogP contribution in [0.4, 0.5) is 0 Å². The maximum absolute atomic E-state index is 12.4. The average Bonchev–Trinajstić information content (AvgIpc) is 3.27. The standard InChI is InChI=1S/C26H26N2O2/c29-25(18-28-26(30)23-15-14-19-12-7-13-22(19)16-23)27-17-24(20-8-3-1-4-9-20)21-10-5-2-6-11-21/h1-6,8-11,14-16,24H,7,12-13,17-18H2,(H,27,29)(H,28,30). The van der Waals surface area contributed by atoms with Crippen LogP contribution in [0.2, 0.25) is 0 Å². The number of aryl methyl sites for hydroxylation is 2. The fraction of sp³-hybridized carbons (Fsp3) is 0.231. The fourth-order valence-corrected chi connectivity index (χ4v) is 4.05. The van der Waals surface area contributed by atoms with Crippen LogP contribution in [-0.2, 0) is 17.6 Å². The summed E-state index contributed by atoms with van der Waals surface area (Å²) in [5.41, 5.74) is 5.49. The number of hydrogen-bond donors (Lipinski definition) is 2. The molecule has 3 aromatic rings. The Labute approximate surface area is 177 Å². The Bertz CT molecular complexity index is 976. The van der Waals surface area contributed by atoms with Crippen molar-refractivity contribution in [1.82, 2.24) is 10.6 Å². The van der Waals surface area contributed by atoms with E-state index >= 15 is 0 Å².